The van der Waals surface area contributed by atoms with Crippen LogP contribution in [0.25, 0.3) is 0 Å². The first-order chi connectivity index (χ1) is 7.76. The molecule has 2 atom stereocenters. The Labute approximate surface area is 95.0 Å². The number of hydrogen-bond donors (Lipinski definition) is 0. The highest BCUT2D eigenvalue weighted by Crippen LogP contribution is 2.95. The second-order valence-corrected chi connectivity index (χ2v) is 6.60. The number of cyclic esters (lactones) is 1. The topological polar surface area (TPSA) is 26.3 Å². The monoisotopic (exact) mass is 216 g/mol. The van der Waals surface area contributed by atoms with Gasteiger partial charge in [0.2, 0.25) is 0 Å². The lowest BCUT2D eigenvalue weighted by Crippen LogP contribution is -2.27. The number of rotatable bonds is 0. The quantitative estimate of drug-likeness (QED) is 0.581. The smallest absolute Gasteiger partial charge is 0.334 e. The lowest BCUT2D eigenvalue weighted by Gasteiger charge is -2.29. The summed E-state index contributed by atoms with van der Waals surface area (Å²) in [6.45, 7) is 0.713. The van der Waals surface area contributed by atoms with E-state index in [9.17, 15) is 4.79 Å². The molecule has 6 rings (SSSR count). The first-order valence-electron chi connectivity index (χ1n) is 6.65. The van der Waals surface area contributed by atoms with E-state index in [1.165, 1.54) is 38.5 Å². The van der Waals surface area contributed by atoms with Crippen LogP contribution in [-0.4, -0.2) is 12.6 Å². The van der Waals surface area contributed by atoms with Crippen molar-refractivity contribution in [3.8, 4) is 0 Å². The van der Waals surface area contributed by atoms with E-state index in [0.717, 1.165) is 5.57 Å². The van der Waals surface area contributed by atoms with Gasteiger partial charge in [-0.05, 0) is 42.4 Å². The minimum absolute atomic E-state index is 0.0116. The van der Waals surface area contributed by atoms with E-state index in [1.54, 1.807) is 0 Å². The van der Waals surface area contributed by atoms with Gasteiger partial charge in [0, 0.05) is 11.0 Å². The van der Waals surface area contributed by atoms with Crippen molar-refractivity contribution in [1.82, 2.24) is 0 Å². The van der Waals surface area contributed by atoms with Crippen molar-refractivity contribution < 1.29 is 9.53 Å². The summed E-state index contributed by atoms with van der Waals surface area (Å²) in [6, 6.07) is 0. The lowest BCUT2D eigenvalue weighted by molar-refractivity contribution is -0.135. The molecule has 0 aromatic heterocycles. The fourth-order valence-corrected chi connectivity index (χ4v) is 6.46. The van der Waals surface area contributed by atoms with E-state index < -0.39 is 0 Å². The molecule has 0 N–H and O–H groups in total. The first-order valence-corrected chi connectivity index (χ1v) is 6.65. The maximum atomic E-state index is 11.9. The number of carbonyl (C=O) groups excluding carboxylic acids is 1. The minimum Gasteiger partial charge on any atom is -0.461 e. The van der Waals surface area contributed by atoms with Crippen molar-refractivity contribution in [2.24, 2.45) is 22.2 Å². The molecule has 1 heterocycles. The summed E-state index contributed by atoms with van der Waals surface area (Å²) in [7, 11) is 0. The predicted molar refractivity (Wildman–Crippen MR) is 57.5 cm³/mol. The molecule has 0 aromatic rings. The van der Waals surface area contributed by atoms with E-state index in [4.69, 9.17) is 4.74 Å². The Morgan fingerprint density at radius 3 is 2.56 bits per heavy atom. The highest BCUT2D eigenvalue weighted by molar-refractivity contribution is 5.95. The standard InChI is InChI=1S/C14H16O2/c15-11-10-5-9-6-12-3-1-2-4-13(12,7-9)14(10,12)8-16-11/h5,9H,1-4,6-8H2. The molecule has 16 heavy (non-hydrogen) atoms. The van der Waals surface area contributed by atoms with Crippen molar-refractivity contribution in [1.29, 1.82) is 0 Å². The average Bonchev–Trinajstić information content (AvgIpc) is 2.56. The largest absolute Gasteiger partial charge is 0.461 e. The molecule has 3 saturated carbocycles. The molecule has 4 fully saturated rings. The minimum atomic E-state index is 0.0116. The van der Waals surface area contributed by atoms with Gasteiger partial charge in [-0.3, -0.25) is 0 Å². The van der Waals surface area contributed by atoms with Crippen LogP contribution < -0.4 is 0 Å². The normalized spacial score (nSPS) is 59.9. The Hall–Kier alpha value is -0.790. The van der Waals surface area contributed by atoms with Crippen LogP contribution in [0.3, 0.4) is 0 Å². The molecule has 6 aliphatic rings. The van der Waals surface area contributed by atoms with E-state index in [-0.39, 0.29) is 11.4 Å². The van der Waals surface area contributed by atoms with Gasteiger partial charge in [0.1, 0.15) is 6.61 Å². The Morgan fingerprint density at radius 2 is 1.88 bits per heavy atom. The number of ether oxygens (including phenoxy) is 1. The van der Waals surface area contributed by atoms with Crippen LogP contribution >= 0.6 is 0 Å². The molecule has 0 radical (unpaired) electrons. The van der Waals surface area contributed by atoms with Crippen molar-refractivity contribution in [3.05, 3.63) is 11.6 Å². The molecular weight excluding hydrogens is 200 g/mol. The van der Waals surface area contributed by atoms with Crippen molar-refractivity contribution in [3.63, 3.8) is 0 Å². The summed E-state index contributed by atoms with van der Waals surface area (Å²) in [4.78, 5) is 11.9. The highest BCUT2D eigenvalue weighted by atomic mass is 16.5. The third kappa shape index (κ3) is 0.493. The molecule has 2 heteroatoms. The molecule has 1 aliphatic heterocycles. The second kappa shape index (κ2) is 2.00. The van der Waals surface area contributed by atoms with Crippen LogP contribution in [-0.2, 0) is 9.53 Å². The molecule has 4 bridgehead atoms. The molecule has 0 amide bonds. The molecule has 1 saturated heterocycles. The Morgan fingerprint density at radius 1 is 1.19 bits per heavy atom. The van der Waals surface area contributed by atoms with Gasteiger partial charge in [-0.25, -0.2) is 4.79 Å². The van der Waals surface area contributed by atoms with Crippen LogP contribution in [0.5, 0.6) is 0 Å². The van der Waals surface area contributed by atoms with Gasteiger partial charge in [-0.15, -0.1) is 0 Å². The number of carbonyl (C=O) groups is 1. The fourth-order valence-electron chi connectivity index (χ4n) is 6.46. The molecule has 5 aliphatic carbocycles. The summed E-state index contributed by atoms with van der Waals surface area (Å²) >= 11 is 0. The molecule has 84 valence electrons. The van der Waals surface area contributed by atoms with Crippen LogP contribution in [0.15, 0.2) is 11.6 Å². The van der Waals surface area contributed by atoms with Crippen LogP contribution in [0, 0.1) is 22.2 Å². The van der Waals surface area contributed by atoms with Gasteiger partial charge >= 0.3 is 5.97 Å². The Balaban J connectivity index is 1.81. The third-order valence-electron chi connectivity index (χ3n) is 6.67. The van der Waals surface area contributed by atoms with Gasteiger partial charge < -0.3 is 4.74 Å². The lowest BCUT2D eigenvalue weighted by atomic mass is 9.71. The van der Waals surface area contributed by atoms with Crippen LogP contribution in [0.1, 0.15) is 38.5 Å². The van der Waals surface area contributed by atoms with Crippen LogP contribution in [0.2, 0.25) is 0 Å². The Kier molecular flexibility index (Phi) is 1.04. The van der Waals surface area contributed by atoms with E-state index >= 15 is 0 Å². The molecule has 0 aromatic carbocycles. The zero-order valence-corrected chi connectivity index (χ0v) is 9.42. The summed E-state index contributed by atoms with van der Waals surface area (Å²) in [5.74, 6) is 0.707. The molecule has 2 nitrogen and oxygen atoms in total. The predicted octanol–water partition coefficient (Wildman–Crippen LogP) is 2.44. The average molecular weight is 216 g/mol. The van der Waals surface area contributed by atoms with E-state index in [1.807, 2.05) is 0 Å². The SMILES string of the molecule is O=C1OCC23C1=CC1CC24CCCCC43C1. The zero-order valence-electron chi connectivity index (χ0n) is 9.42. The van der Waals surface area contributed by atoms with Gasteiger partial charge in [0.05, 0.1) is 0 Å². The van der Waals surface area contributed by atoms with E-state index in [2.05, 4.69) is 6.08 Å². The summed E-state index contributed by atoms with van der Waals surface area (Å²) in [6.07, 6.45) is 10.4. The zero-order chi connectivity index (χ0) is 10.6. The molecular formula is C14H16O2. The van der Waals surface area contributed by atoms with Crippen molar-refractivity contribution in [2.45, 2.75) is 38.5 Å². The highest BCUT2D eigenvalue weighted by Gasteiger charge is 2.93. The van der Waals surface area contributed by atoms with Gasteiger partial charge in [0.25, 0.3) is 0 Å². The van der Waals surface area contributed by atoms with Gasteiger partial charge in [0.15, 0.2) is 0 Å². The maximum Gasteiger partial charge on any atom is 0.334 e. The summed E-state index contributed by atoms with van der Waals surface area (Å²) in [5, 5.41) is 0. The van der Waals surface area contributed by atoms with Crippen molar-refractivity contribution in [2.75, 3.05) is 6.61 Å². The Bertz CT molecular complexity index is 441. The van der Waals surface area contributed by atoms with Gasteiger partial charge in [-0.2, -0.15) is 0 Å². The second-order valence-electron chi connectivity index (χ2n) is 6.60. The summed E-state index contributed by atoms with van der Waals surface area (Å²) in [5.41, 5.74) is 2.29. The number of hydrogen-bond acceptors (Lipinski definition) is 2. The molecule has 3 spiro atoms. The summed E-state index contributed by atoms with van der Waals surface area (Å²) < 4.78 is 5.42. The number of esters is 1. The fraction of sp³-hybridized carbons (Fsp3) is 0.786. The van der Waals surface area contributed by atoms with Gasteiger partial charge in [-0.1, -0.05) is 18.9 Å². The molecule has 2 unspecified atom stereocenters. The number of allylic oxidation sites excluding steroid dienone is 1. The van der Waals surface area contributed by atoms with Crippen LogP contribution in [0.4, 0.5) is 0 Å². The third-order valence-corrected chi connectivity index (χ3v) is 6.67. The van der Waals surface area contributed by atoms with E-state index in [0.29, 0.717) is 23.4 Å². The first kappa shape index (κ1) is 8.32. The maximum absolute atomic E-state index is 11.9. The van der Waals surface area contributed by atoms with Crippen molar-refractivity contribution >= 4 is 5.97 Å².